The second-order valence-electron chi connectivity index (χ2n) is 7.79. The zero-order chi connectivity index (χ0) is 20.9. The fraction of sp³-hybridized carbons (Fsp3) is 0.348. The van der Waals surface area contributed by atoms with Crippen LogP contribution in [0.15, 0.2) is 23.0 Å². The molecule has 0 spiro atoms. The Morgan fingerprint density at radius 2 is 2.17 bits per heavy atom. The SMILES string of the molecule is C=C(C)C1=c2c(c3c(nc2=C)-c2cc(C(C)O)c(COC=O)c(=O)n2C3)CCC1. The predicted octanol–water partition coefficient (Wildman–Crippen LogP) is 1.47. The molecule has 1 aliphatic carbocycles. The van der Waals surface area contributed by atoms with Crippen molar-refractivity contribution in [2.45, 2.75) is 52.4 Å². The zero-order valence-corrected chi connectivity index (χ0v) is 16.7. The summed E-state index contributed by atoms with van der Waals surface area (Å²) in [5, 5.41) is 12.0. The molecular weight excluding hydrogens is 368 g/mol. The summed E-state index contributed by atoms with van der Waals surface area (Å²) in [6, 6.07) is 1.78. The van der Waals surface area contributed by atoms with Gasteiger partial charge in [-0.15, -0.1) is 0 Å². The van der Waals surface area contributed by atoms with Gasteiger partial charge in [-0.1, -0.05) is 18.7 Å². The number of pyridine rings is 2. The van der Waals surface area contributed by atoms with E-state index in [4.69, 9.17) is 9.72 Å². The third kappa shape index (κ3) is 2.95. The van der Waals surface area contributed by atoms with Crippen molar-refractivity contribution in [3.63, 3.8) is 0 Å². The van der Waals surface area contributed by atoms with E-state index in [1.54, 1.807) is 17.6 Å². The third-order valence-electron chi connectivity index (χ3n) is 5.90. The van der Waals surface area contributed by atoms with Crippen molar-refractivity contribution in [3.05, 3.63) is 61.4 Å². The van der Waals surface area contributed by atoms with Gasteiger partial charge in [0.25, 0.3) is 12.0 Å². The lowest BCUT2D eigenvalue weighted by Gasteiger charge is -2.19. The predicted molar refractivity (Wildman–Crippen MR) is 110 cm³/mol. The van der Waals surface area contributed by atoms with Gasteiger partial charge in [-0.2, -0.15) is 0 Å². The molecule has 150 valence electrons. The summed E-state index contributed by atoms with van der Waals surface area (Å²) in [5.74, 6) is 0. The van der Waals surface area contributed by atoms with Gasteiger partial charge >= 0.3 is 0 Å². The second-order valence-corrected chi connectivity index (χ2v) is 7.79. The first-order valence-electron chi connectivity index (χ1n) is 9.75. The normalized spacial score (nSPS) is 15.3. The minimum atomic E-state index is -0.872. The Hall–Kier alpha value is -2.99. The van der Waals surface area contributed by atoms with E-state index in [1.165, 1.54) is 11.1 Å². The lowest BCUT2D eigenvalue weighted by Crippen LogP contribution is -2.36. The van der Waals surface area contributed by atoms with Gasteiger partial charge in [-0.25, -0.2) is 4.98 Å². The molecule has 0 fully saturated rings. The van der Waals surface area contributed by atoms with Crippen LogP contribution >= 0.6 is 0 Å². The van der Waals surface area contributed by atoms with E-state index in [0.717, 1.165) is 41.3 Å². The molecule has 29 heavy (non-hydrogen) atoms. The van der Waals surface area contributed by atoms with Crippen LogP contribution in [-0.4, -0.2) is 21.1 Å². The summed E-state index contributed by atoms with van der Waals surface area (Å²) >= 11 is 0. The molecule has 2 aromatic heterocycles. The van der Waals surface area contributed by atoms with Crippen LogP contribution in [0.2, 0.25) is 0 Å². The number of aliphatic hydroxyl groups is 1. The average molecular weight is 392 g/mol. The van der Waals surface area contributed by atoms with E-state index >= 15 is 0 Å². The van der Waals surface area contributed by atoms with E-state index in [9.17, 15) is 14.7 Å². The van der Waals surface area contributed by atoms with Crippen molar-refractivity contribution in [2.75, 3.05) is 0 Å². The van der Waals surface area contributed by atoms with E-state index < -0.39 is 6.10 Å². The first kappa shape index (κ1) is 19.3. The number of ether oxygens (including phenoxy) is 1. The summed E-state index contributed by atoms with van der Waals surface area (Å²) in [6.07, 6.45) is 2.01. The highest BCUT2D eigenvalue weighted by Gasteiger charge is 2.29. The average Bonchev–Trinajstić information content (AvgIpc) is 3.05. The molecule has 0 radical (unpaired) electrons. The molecule has 1 N–H and O–H groups in total. The summed E-state index contributed by atoms with van der Waals surface area (Å²) in [6.45, 7) is 12.5. The highest BCUT2D eigenvalue weighted by molar-refractivity contribution is 5.71. The molecule has 2 aliphatic rings. The van der Waals surface area contributed by atoms with Gasteiger partial charge in [0.05, 0.1) is 34.9 Å². The Morgan fingerprint density at radius 3 is 2.83 bits per heavy atom. The van der Waals surface area contributed by atoms with Gasteiger partial charge in [0, 0.05) is 10.8 Å². The van der Waals surface area contributed by atoms with Crippen LogP contribution in [0.3, 0.4) is 0 Å². The van der Waals surface area contributed by atoms with Gasteiger partial charge in [-0.3, -0.25) is 9.59 Å². The standard InChI is InChI=1S/C23H24N2O4/c1-12(2)15-6-5-7-16-18-9-25-20(22(18)24-13(3)21(15)16)8-17(14(4)27)19(23(25)28)10-29-11-26/h8,11,14,27H,1,3,5-7,9-10H2,2,4H3. The first-order chi connectivity index (χ1) is 13.8. The van der Waals surface area contributed by atoms with E-state index in [-0.39, 0.29) is 12.2 Å². The monoisotopic (exact) mass is 392 g/mol. The van der Waals surface area contributed by atoms with E-state index in [1.807, 2.05) is 6.92 Å². The third-order valence-corrected chi connectivity index (χ3v) is 5.90. The van der Waals surface area contributed by atoms with Crippen molar-refractivity contribution in [3.8, 4) is 11.4 Å². The maximum atomic E-state index is 13.2. The van der Waals surface area contributed by atoms with Crippen LogP contribution in [0.5, 0.6) is 0 Å². The molecule has 0 bridgehead atoms. The first-order valence-corrected chi connectivity index (χ1v) is 9.75. The highest BCUT2D eigenvalue weighted by Crippen LogP contribution is 2.34. The van der Waals surface area contributed by atoms with E-state index in [0.29, 0.717) is 35.2 Å². The van der Waals surface area contributed by atoms with E-state index in [2.05, 4.69) is 13.2 Å². The van der Waals surface area contributed by atoms with Crippen LogP contribution in [0.1, 0.15) is 55.0 Å². The van der Waals surface area contributed by atoms with Crippen molar-refractivity contribution >= 4 is 18.6 Å². The van der Waals surface area contributed by atoms with Crippen molar-refractivity contribution in [2.24, 2.45) is 0 Å². The molecule has 0 amide bonds. The van der Waals surface area contributed by atoms with Crippen LogP contribution < -0.4 is 16.1 Å². The lowest BCUT2D eigenvalue weighted by molar-refractivity contribution is -0.129. The Kier molecular flexibility index (Phi) is 4.74. The van der Waals surface area contributed by atoms with Gasteiger partial charge in [0.2, 0.25) is 0 Å². The smallest absolute Gasteiger partial charge is 0.293 e. The number of nitrogens with zero attached hydrogens (tertiary/aromatic N) is 2. The molecule has 0 aromatic carbocycles. The van der Waals surface area contributed by atoms with Gasteiger partial charge in [-0.05, 0) is 55.9 Å². The van der Waals surface area contributed by atoms with Gasteiger partial charge in [0.1, 0.15) is 6.61 Å². The van der Waals surface area contributed by atoms with Crippen molar-refractivity contribution in [1.82, 2.24) is 9.55 Å². The maximum Gasteiger partial charge on any atom is 0.293 e. The molecule has 0 saturated carbocycles. The Labute approximate surface area is 168 Å². The van der Waals surface area contributed by atoms with Crippen LogP contribution in [0, 0.1) is 0 Å². The number of aromatic nitrogens is 2. The van der Waals surface area contributed by atoms with Gasteiger partial charge < -0.3 is 14.4 Å². The largest absolute Gasteiger partial charge is 0.463 e. The number of hydrogen-bond acceptors (Lipinski definition) is 5. The van der Waals surface area contributed by atoms with Gasteiger partial charge in [0.15, 0.2) is 0 Å². The molecule has 3 heterocycles. The highest BCUT2D eigenvalue weighted by atomic mass is 16.5. The zero-order valence-electron chi connectivity index (χ0n) is 16.7. The number of rotatable bonds is 5. The number of carbonyl (C=O) groups excluding carboxylic acids is 1. The molecule has 1 unspecified atom stereocenters. The number of carbonyl (C=O) groups is 1. The Bertz CT molecular complexity index is 1220. The summed E-state index contributed by atoms with van der Waals surface area (Å²) in [7, 11) is 0. The molecule has 6 heteroatoms. The Balaban J connectivity index is 2.01. The second kappa shape index (κ2) is 7.12. The molecule has 6 nitrogen and oxygen atoms in total. The molecular formula is C23H24N2O4. The quantitative estimate of drug-likeness (QED) is 0.665. The minimum absolute atomic E-state index is 0.168. The van der Waals surface area contributed by atoms with Crippen molar-refractivity contribution < 1.29 is 14.6 Å². The van der Waals surface area contributed by atoms with Crippen LogP contribution in [0.25, 0.3) is 23.5 Å². The number of aliphatic hydroxyl groups excluding tert-OH is 1. The summed E-state index contributed by atoms with van der Waals surface area (Å²) in [5.41, 5.74) is 6.35. The summed E-state index contributed by atoms with van der Waals surface area (Å²) < 4.78 is 6.49. The Morgan fingerprint density at radius 1 is 1.41 bits per heavy atom. The van der Waals surface area contributed by atoms with Crippen molar-refractivity contribution in [1.29, 1.82) is 0 Å². The number of hydrogen-bond donors (Lipinski definition) is 1. The summed E-state index contributed by atoms with van der Waals surface area (Å²) in [4.78, 5) is 28.6. The topological polar surface area (TPSA) is 81.4 Å². The molecule has 0 saturated heterocycles. The fourth-order valence-corrected chi connectivity index (χ4v) is 4.59. The molecule has 4 rings (SSSR count). The molecule has 1 atom stereocenters. The lowest BCUT2D eigenvalue weighted by atomic mass is 9.87. The molecule has 1 aliphatic heterocycles. The van der Waals surface area contributed by atoms with Crippen LogP contribution in [-0.2, 0) is 29.1 Å². The number of fused-ring (bicyclic) bond motifs is 5. The van der Waals surface area contributed by atoms with Crippen LogP contribution in [0.4, 0.5) is 0 Å². The maximum absolute atomic E-state index is 13.2. The number of allylic oxidation sites excluding steroid dienone is 1. The fourth-order valence-electron chi connectivity index (χ4n) is 4.59. The molecule has 2 aromatic rings. The minimum Gasteiger partial charge on any atom is -0.463 e.